The van der Waals surface area contributed by atoms with Gasteiger partial charge < -0.3 is 5.32 Å². The standard InChI is InChI=1S/C6H10INO/c1-6(2-3-6)8-5(9)4-7/h2-4H2,1H3,(H,8,9). The van der Waals surface area contributed by atoms with Crippen LogP contribution in [-0.4, -0.2) is 15.9 Å². The van der Waals surface area contributed by atoms with Crippen molar-refractivity contribution < 1.29 is 4.79 Å². The van der Waals surface area contributed by atoms with E-state index in [1.165, 1.54) is 0 Å². The third-order valence-electron chi connectivity index (χ3n) is 1.56. The van der Waals surface area contributed by atoms with Crippen molar-refractivity contribution in [3.8, 4) is 0 Å². The second kappa shape index (κ2) is 2.44. The predicted octanol–water partition coefficient (Wildman–Crippen LogP) is 1.09. The Morgan fingerprint density at radius 3 is 2.67 bits per heavy atom. The zero-order chi connectivity index (χ0) is 6.91. The van der Waals surface area contributed by atoms with E-state index in [1.807, 2.05) is 0 Å². The second-order valence-electron chi connectivity index (χ2n) is 2.74. The summed E-state index contributed by atoms with van der Waals surface area (Å²) in [5.74, 6) is 0.163. The molecule has 1 fully saturated rings. The van der Waals surface area contributed by atoms with Crippen LogP contribution in [0.1, 0.15) is 19.8 Å². The maximum absolute atomic E-state index is 10.7. The highest BCUT2D eigenvalue weighted by Crippen LogP contribution is 2.34. The van der Waals surface area contributed by atoms with E-state index in [9.17, 15) is 4.79 Å². The first-order chi connectivity index (χ1) is 4.16. The Balaban J connectivity index is 2.25. The molecule has 0 radical (unpaired) electrons. The van der Waals surface area contributed by atoms with Crippen molar-refractivity contribution in [3.63, 3.8) is 0 Å². The van der Waals surface area contributed by atoms with Gasteiger partial charge in [0.25, 0.3) is 0 Å². The highest BCUT2D eigenvalue weighted by atomic mass is 127. The summed E-state index contributed by atoms with van der Waals surface area (Å²) in [6, 6.07) is 0. The fourth-order valence-electron chi connectivity index (χ4n) is 0.682. The van der Waals surface area contributed by atoms with E-state index in [-0.39, 0.29) is 11.4 Å². The first-order valence-electron chi connectivity index (χ1n) is 3.03. The molecule has 1 saturated carbocycles. The van der Waals surface area contributed by atoms with Gasteiger partial charge in [-0.3, -0.25) is 4.79 Å². The van der Waals surface area contributed by atoms with Crippen LogP contribution in [0.5, 0.6) is 0 Å². The maximum atomic E-state index is 10.7. The molecule has 0 atom stereocenters. The number of alkyl halides is 1. The minimum Gasteiger partial charge on any atom is -0.350 e. The van der Waals surface area contributed by atoms with Crippen LogP contribution in [0.15, 0.2) is 0 Å². The Hall–Kier alpha value is 0.200. The SMILES string of the molecule is CC1(NC(=O)CI)CC1. The lowest BCUT2D eigenvalue weighted by Gasteiger charge is -2.08. The van der Waals surface area contributed by atoms with Crippen molar-refractivity contribution in [3.05, 3.63) is 0 Å². The number of amides is 1. The summed E-state index contributed by atoms with van der Waals surface area (Å²) in [7, 11) is 0. The van der Waals surface area contributed by atoms with Crippen LogP contribution in [0, 0.1) is 0 Å². The summed E-state index contributed by atoms with van der Waals surface area (Å²) in [5.41, 5.74) is 0.169. The van der Waals surface area contributed by atoms with Crippen LogP contribution in [0.25, 0.3) is 0 Å². The molecule has 9 heavy (non-hydrogen) atoms. The third kappa shape index (κ3) is 2.12. The van der Waals surface area contributed by atoms with Crippen LogP contribution in [0.2, 0.25) is 0 Å². The smallest absolute Gasteiger partial charge is 0.230 e. The van der Waals surface area contributed by atoms with Gasteiger partial charge in [0.2, 0.25) is 5.91 Å². The highest BCUT2D eigenvalue weighted by molar-refractivity contribution is 14.1. The van der Waals surface area contributed by atoms with Crippen LogP contribution in [-0.2, 0) is 4.79 Å². The summed E-state index contributed by atoms with van der Waals surface area (Å²) in [4.78, 5) is 10.7. The molecule has 2 nitrogen and oxygen atoms in total. The van der Waals surface area contributed by atoms with E-state index < -0.39 is 0 Å². The Morgan fingerprint density at radius 2 is 2.33 bits per heavy atom. The molecule has 1 rings (SSSR count). The lowest BCUT2D eigenvalue weighted by atomic mass is 10.3. The number of carbonyl (C=O) groups is 1. The number of rotatable bonds is 2. The second-order valence-corrected chi connectivity index (χ2v) is 3.51. The van der Waals surface area contributed by atoms with Crippen LogP contribution in [0.3, 0.4) is 0 Å². The van der Waals surface area contributed by atoms with Gasteiger partial charge in [0.15, 0.2) is 0 Å². The molecule has 0 spiro atoms. The van der Waals surface area contributed by atoms with Gasteiger partial charge in [-0.05, 0) is 19.8 Å². The summed E-state index contributed by atoms with van der Waals surface area (Å²) in [6.45, 7) is 2.08. The molecule has 0 heterocycles. The molecule has 3 heteroatoms. The van der Waals surface area contributed by atoms with Crippen LogP contribution in [0.4, 0.5) is 0 Å². The number of hydrogen-bond donors (Lipinski definition) is 1. The molecule has 0 aliphatic heterocycles. The van der Waals surface area contributed by atoms with Gasteiger partial charge in [0, 0.05) is 5.54 Å². The molecule has 1 N–H and O–H groups in total. The van der Waals surface area contributed by atoms with E-state index in [0.29, 0.717) is 4.43 Å². The van der Waals surface area contributed by atoms with E-state index in [1.54, 1.807) is 0 Å². The topological polar surface area (TPSA) is 29.1 Å². The number of halogens is 1. The predicted molar refractivity (Wildman–Crippen MR) is 44.7 cm³/mol. The quantitative estimate of drug-likeness (QED) is 0.567. The van der Waals surface area contributed by atoms with Gasteiger partial charge in [-0.15, -0.1) is 0 Å². The van der Waals surface area contributed by atoms with E-state index in [4.69, 9.17) is 0 Å². The summed E-state index contributed by atoms with van der Waals surface area (Å²) >= 11 is 2.07. The molecule has 0 aromatic rings. The van der Waals surface area contributed by atoms with Crippen molar-refractivity contribution in [2.24, 2.45) is 0 Å². The normalized spacial score (nSPS) is 21.1. The van der Waals surface area contributed by atoms with E-state index >= 15 is 0 Å². The third-order valence-corrected chi connectivity index (χ3v) is 2.26. The minimum absolute atomic E-state index is 0.163. The fraction of sp³-hybridized carbons (Fsp3) is 0.833. The minimum atomic E-state index is 0.163. The number of carbonyl (C=O) groups excluding carboxylic acids is 1. The molecule has 1 aliphatic carbocycles. The maximum Gasteiger partial charge on any atom is 0.230 e. The van der Waals surface area contributed by atoms with Crippen LogP contribution >= 0.6 is 22.6 Å². The molecule has 0 aromatic heterocycles. The van der Waals surface area contributed by atoms with Gasteiger partial charge in [0.1, 0.15) is 0 Å². The number of nitrogens with one attached hydrogen (secondary N) is 1. The Bertz CT molecular complexity index is 131. The highest BCUT2D eigenvalue weighted by Gasteiger charge is 2.38. The lowest BCUT2D eigenvalue weighted by molar-refractivity contribution is -0.119. The molecule has 0 aromatic carbocycles. The molecule has 52 valence electrons. The van der Waals surface area contributed by atoms with Gasteiger partial charge in [-0.2, -0.15) is 0 Å². The van der Waals surface area contributed by atoms with E-state index in [0.717, 1.165) is 12.8 Å². The largest absolute Gasteiger partial charge is 0.350 e. The Kier molecular flexibility index (Phi) is 1.98. The molecular weight excluding hydrogens is 229 g/mol. The molecule has 1 amide bonds. The molecule has 0 unspecified atom stereocenters. The van der Waals surface area contributed by atoms with Gasteiger partial charge in [0.05, 0.1) is 4.43 Å². The van der Waals surface area contributed by atoms with E-state index in [2.05, 4.69) is 34.8 Å². The zero-order valence-electron chi connectivity index (χ0n) is 5.41. The first kappa shape index (κ1) is 7.31. The van der Waals surface area contributed by atoms with Gasteiger partial charge >= 0.3 is 0 Å². The zero-order valence-corrected chi connectivity index (χ0v) is 7.57. The molecule has 0 saturated heterocycles. The molecule has 0 bridgehead atoms. The monoisotopic (exact) mass is 239 g/mol. The average Bonchev–Trinajstić information content (AvgIpc) is 2.48. The van der Waals surface area contributed by atoms with Gasteiger partial charge in [-0.1, -0.05) is 22.6 Å². The van der Waals surface area contributed by atoms with Gasteiger partial charge in [-0.25, -0.2) is 0 Å². The van der Waals surface area contributed by atoms with Crippen molar-refractivity contribution in [1.82, 2.24) is 5.32 Å². The number of hydrogen-bond acceptors (Lipinski definition) is 1. The average molecular weight is 239 g/mol. The molecular formula is C6H10INO. The van der Waals surface area contributed by atoms with Crippen molar-refractivity contribution in [1.29, 1.82) is 0 Å². The van der Waals surface area contributed by atoms with Crippen molar-refractivity contribution >= 4 is 28.5 Å². The Morgan fingerprint density at radius 1 is 1.78 bits per heavy atom. The Labute approximate surface area is 68.5 Å². The van der Waals surface area contributed by atoms with Crippen LogP contribution < -0.4 is 5.32 Å². The summed E-state index contributed by atoms with van der Waals surface area (Å²) in [5, 5.41) is 2.93. The molecule has 1 aliphatic rings. The van der Waals surface area contributed by atoms with Crippen molar-refractivity contribution in [2.45, 2.75) is 25.3 Å². The summed E-state index contributed by atoms with van der Waals surface area (Å²) in [6.07, 6.45) is 2.30. The lowest BCUT2D eigenvalue weighted by Crippen LogP contribution is -2.34. The van der Waals surface area contributed by atoms with Crippen molar-refractivity contribution in [2.75, 3.05) is 4.43 Å². The first-order valence-corrected chi connectivity index (χ1v) is 4.56. The fourth-order valence-corrected chi connectivity index (χ4v) is 0.873. The summed E-state index contributed by atoms with van der Waals surface area (Å²) < 4.78 is 0.577.